The van der Waals surface area contributed by atoms with Crippen LogP contribution in [0, 0.1) is 51.7 Å². The van der Waals surface area contributed by atoms with Gasteiger partial charge in [0.15, 0.2) is 12.4 Å². The largest absolute Gasteiger partial charge is 0.456 e. The minimum atomic E-state index is -1.21. The van der Waals surface area contributed by atoms with Crippen molar-refractivity contribution in [1.29, 1.82) is 10.7 Å². The van der Waals surface area contributed by atoms with Gasteiger partial charge in [-0.25, -0.2) is 4.79 Å². The Balaban J connectivity index is 1.62. The number of carbonyl (C=O) groups excluding carboxylic acids is 3. The van der Waals surface area contributed by atoms with Gasteiger partial charge in [0.25, 0.3) is 0 Å². The van der Waals surface area contributed by atoms with Crippen molar-refractivity contribution >= 4 is 23.4 Å². The van der Waals surface area contributed by atoms with Crippen LogP contribution in [0.5, 0.6) is 0 Å². The molecule has 7 nitrogen and oxygen atoms in total. The van der Waals surface area contributed by atoms with E-state index in [1.807, 2.05) is 13.8 Å². The van der Waals surface area contributed by atoms with Crippen LogP contribution in [0.4, 0.5) is 0 Å². The van der Waals surface area contributed by atoms with Crippen molar-refractivity contribution in [3.8, 4) is 6.07 Å². The Morgan fingerprint density at radius 2 is 1.66 bits per heavy atom. The van der Waals surface area contributed by atoms with Gasteiger partial charge in [-0.15, -0.1) is 0 Å². The molecule has 0 aromatic carbocycles. The Hall–Kier alpha value is -2.23. The molecule has 4 rings (SSSR count). The Kier molecular flexibility index (Phi) is 6.11. The smallest absolute Gasteiger partial charge is 0.329 e. The molecule has 29 heavy (non-hydrogen) atoms. The van der Waals surface area contributed by atoms with E-state index in [0.717, 1.165) is 19.3 Å². The average Bonchev–Trinajstić information content (AvgIpc) is 2.62. The summed E-state index contributed by atoms with van der Waals surface area (Å²) in [6.45, 7) is 4.46. The molecule has 0 saturated heterocycles. The minimum Gasteiger partial charge on any atom is -0.456 e. The minimum absolute atomic E-state index is 0.0520. The molecule has 2 atom stereocenters. The van der Waals surface area contributed by atoms with Crippen molar-refractivity contribution in [1.82, 2.24) is 5.32 Å². The molecule has 0 radical (unpaired) electrons. The van der Waals surface area contributed by atoms with Crippen LogP contribution in [-0.2, 0) is 19.1 Å². The average molecular weight is 402 g/mol. The monoisotopic (exact) mass is 401 g/mol. The highest BCUT2D eigenvalue weighted by Crippen LogP contribution is 2.60. The molecule has 4 aliphatic rings. The van der Waals surface area contributed by atoms with E-state index >= 15 is 0 Å². The van der Waals surface area contributed by atoms with E-state index in [0.29, 0.717) is 17.8 Å². The van der Waals surface area contributed by atoms with Crippen LogP contribution in [0.15, 0.2) is 0 Å². The van der Waals surface area contributed by atoms with Crippen LogP contribution in [0.1, 0.15) is 59.3 Å². The number of amides is 1. The Labute approximate surface area is 172 Å². The molecule has 0 unspecified atom stereocenters. The summed E-state index contributed by atoms with van der Waals surface area (Å²) in [4.78, 5) is 37.9. The van der Waals surface area contributed by atoms with Crippen LogP contribution in [-0.4, -0.2) is 36.0 Å². The summed E-state index contributed by atoms with van der Waals surface area (Å²) in [6, 6.07) is 0.920. The molecular formula is C22H31N3O4. The van der Waals surface area contributed by atoms with E-state index < -0.39 is 30.3 Å². The molecule has 2 N–H and O–H groups in total. The lowest BCUT2D eigenvalue weighted by Crippen LogP contribution is -2.57. The quantitative estimate of drug-likeness (QED) is 0.478. The number of ether oxygens (including phenoxy) is 1. The Morgan fingerprint density at radius 1 is 1.14 bits per heavy atom. The van der Waals surface area contributed by atoms with Gasteiger partial charge >= 0.3 is 5.97 Å². The summed E-state index contributed by atoms with van der Waals surface area (Å²) in [5, 5.41) is 19.4. The van der Waals surface area contributed by atoms with Gasteiger partial charge in [0, 0.05) is 11.1 Å². The molecule has 158 valence electrons. The first-order valence-corrected chi connectivity index (χ1v) is 10.6. The maximum Gasteiger partial charge on any atom is 0.329 e. The number of nitrogens with zero attached hydrogens (tertiary/aromatic N) is 1. The Morgan fingerprint density at radius 3 is 2.07 bits per heavy atom. The number of rotatable bonds is 8. The van der Waals surface area contributed by atoms with Gasteiger partial charge in [0.05, 0.1) is 6.07 Å². The molecular weight excluding hydrogens is 370 g/mol. The zero-order valence-electron chi connectivity index (χ0n) is 17.5. The fourth-order valence-electron chi connectivity index (χ4n) is 5.91. The van der Waals surface area contributed by atoms with E-state index in [-0.39, 0.29) is 23.0 Å². The molecule has 1 amide bonds. The van der Waals surface area contributed by atoms with Crippen molar-refractivity contribution in [2.75, 3.05) is 6.61 Å². The highest BCUT2D eigenvalue weighted by Gasteiger charge is 2.55. The van der Waals surface area contributed by atoms with Gasteiger partial charge in [0.1, 0.15) is 12.0 Å². The van der Waals surface area contributed by atoms with E-state index in [9.17, 15) is 14.4 Å². The Bertz CT molecular complexity index is 716. The van der Waals surface area contributed by atoms with Crippen molar-refractivity contribution in [2.45, 2.75) is 65.3 Å². The van der Waals surface area contributed by atoms with E-state index in [4.69, 9.17) is 15.4 Å². The second-order valence-electron chi connectivity index (χ2n) is 9.71. The maximum atomic E-state index is 13.2. The van der Waals surface area contributed by atoms with Crippen molar-refractivity contribution < 1.29 is 19.1 Å². The van der Waals surface area contributed by atoms with Crippen molar-refractivity contribution in [3.05, 3.63) is 0 Å². The van der Waals surface area contributed by atoms with Gasteiger partial charge in [0.2, 0.25) is 5.91 Å². The first-order chi connectivity index (χ1) is 13.6. The number of carbonyl (C=O) groups is 3. The van der Waals surface area contributed by atoms with Crippen molar-refractivity contribution in [3.63, 3.8) is 0 Å². The zero-order chi connectivity index (χ0) is 21.3. The third-order valence-corrected chi connectivity index (χ3v) is 6.97. The lowest BCUT2D eigenvalue weighted by Gasteiger charge is -2.55. The fourth-order valence-corrected chi connectivity index (χ4v) is 5.91. The summed E-state index contributed by atoms with van der Waals surface area (Å²) in [5.41, 5.74) is -0.439. The van der Waals surface area contributed by atoms with E-state index in [1.165, 1.54) is 26.2 Å². The molecule has 4 bridgehead atoms. The molecule has 0 aromatic heterocycles. The third-order valence-electron chi connectivity index (χ3n) is 6.97. The molecule has 7 heteroatoms. The second kappa shape index (κ2) is 8.25. The molecule has 0 heterocycles. The molecule has 4 aliphatic carbocycles. The van der Waals surface area contributed by atoms with E-state index in [1.54, 1.807) is 6.07 Å². The molecule has 0 spiro atoms. The van der Waals surface area contributed by atoms with Crippen molar-refractivity contribution in [2.24, 2.45) is 35.0 Å². The van der Waals surface area contributed by atoms with Gasteiger partial charge in [-0.05, 0) is 69.1 Å². The topological polar surface area (TPSA) is 120 Å². The van der Waals surface area contributed by atoms with Crippen LogP contribution in [0.2, 0.25) is 0 Å². The number of hydrogen-bond acceptors (Lipinski definition) is 6. The fraction of sp³-hybridized carbons (Fsp3) is 0.773. The molecule has 0 aliphatic heterocycles. The predicted molar refractivity (Wildman–Crippen MR) is 106 cm³/mol. The molecule has 4 saturated carbocycles. The van der Waals surface area contributed by atoms with Gasteiger partial charge in [-0.1, -0.05) is 13.8 Å². The third kappa shape index (κ3) is 4.36. The number of esters is 1. The number of nitrogens with one attached hydrogen (secondary N) is 2. The van der Waals surface area contributed by atoms with Crippen LogP contribution >= 0.6 is 0 Å². The SMILES string of the molecule is CC(=N)[C@H](C#N)C(=O)COC(=O)[C@@H](NC(=O)C12CC3CC(CC(C3)C1)C2)C(C)C. The second-order valence-corrected chi connectivity index (χ2v) is 9.71. The number of Topliss-reactive ketones (excluding diaryl/α,β-unsaturated/α-hetero) is 1. The number of hydrogen-bond donors (Lipinski definition) is 2. The standard InChI is InChI=1S/C22H31N3O4/c1-12(2)19(20(27)29-11-18(26)17(10-23)13(3)24)25-21(28)22-7-14-4-15(8-22)6-16(5-14)9-22/h12,14-17,19,24H,4-9,11H2,1-3H3,(H,25,28)/t14?,15?,16?,17-,19-,22?/m0/s1. The first-order valence-electron chi connectivity index (χ1n) is 10.6. The first kappa shape index (κ1) is 21.5. The van der Waals surface area contributed by atoms with Crippen LogP contribution in [0.25, 0.3) is 0 Å². The molecule has 4 fully saturated rings. The summed E-state index contributed by atoms with van der Waals surface area (Å²) >= 11 is 0. The van der Waals surface area contributed by atoms with Gasteiger partial charge in [-0.3, -0.25) is 9.59 Å². The highest BCUT2D eigenvalue weighted by molar-refractivity contribution is 6.06. The highest BCUT2D eigenvalue weighted by atomic mass is 16.5. The van der Waals surface area contributed by atoms with Gasteiger partial charge < -0.3 is 15.5 Å². The lowest BCUT2D eigenvalue weighted by molar-refractivity contribution is -0.156. The number of ketones is 1. The maximum absolute atomic E-state index is 13.2. The van der Waals surface area contributed by atoms with Gasteiger partial charge in [-0.2, -0.15) is 5.26 Å². The van der Waals surface area contributed by atoms with Crippen LogP contribution < -0.4 is 5.32 Å². The molecule has 0 aromatic rings. The van der Waals surface area contributed by atoms with E-state index in [2.05, 4.69) is 5.32 Å². The number of nitriles is 1. The summed E-state index contributed by atoms with van der Waals surface area (Å²) in [7, 11) is 0. The summed E-state index contributed by atoms with van der Waals surface area (Å²) in [5.74, 6) is -0.851. The van der Waals surface area contributed by atoms with Crippen LogP contribution in [0.3, 0.4) is 0 Å². The zero-order valence-corrected chi connectivity index (χ0v) is 17.5. The summed E-state index contributed by atoms with van der Waals surface area (Å²) in [6.07, 6.45) is 6.42. The normalized spacial score (nSPS) is 31.6. The predicted octanol–water partition coefficient (Wildman–Crippen LogP) is 2.64. The summed E-state index contributed by atoms with van der Waals surface area (Å²) < 4.78 is 5.13. The lowest BCUT2D eigenvalue weighted by atomic mass is 9.49.